The Hall–Kier alpha value is -3.62. The zero-order valence-corrected chi connectivity index (χ0v) is 14.8. The minimum absolute atomic E-state index is 0.0219. The lowest BCUT2D eigenvalue weighted by atomic mass is 10.1. The summed E-state index contributed by atoms with van der Waals surface area (Å²) in [6.45, 7) is -0.822. The highest BCUT2D eigenvalue weighted by atomic mass is 19.3. The number of fused-ring (bicyclic) bond motifs is 1. The van der Waals surface area contributed by atoms with E-state index in [0.29, 0.717) is 22.9 Å². The number of nitrogens with zero attached hydrogens (tertiary/aromatic N) is 3. The van der Waals surface area contributed by atoms with Crippen LogP contribution >= 0.6 is 0 Å². The molecule has 1 amide bonds. The molecule has 9 heteroatoms. The number of hydrogen-bond donors (Lipinski definition) is 1. The maximum atomic E-state index is 12.5. The molecular weight excluding hydrogens is 370 g/mol. The first-order valence-electron chi connectivity index (χ1n) is 8.37. The minimum Gasteiger partial charge on any atom is -0.435 e. The van der Waals surface area contributed by atoms with Gasteiger partial charge in [-0.3, -0.25) is 9.59 Å². The van der Waals surface area contributed by atoms with Gasteiger partial charge in [-0.05, 0) is 42.8 Å². The van der Waals surface area contributed by atoms with Crippen molar-refractivity contribution in [1.82, 2.24) is 15.2 Å². The zero-order valence-electron chi connectivity index (χ0n) is 14.8. The molecule has 0 bridgehead atoms. The quantitative estimate of drug-likeness (QED) is 0.521. The van der Waals surface area contributed by atoms with E-state index in [9.17, 15) is 18.4 Å². The van der Waals surface area contributed by atoms with E-state index in [0.717, 1.165) is 0 Å². The van der Waals surface area contributed by atoms with E-state index in [1.165, 1.54) is 35.2 Å². The lowest BCUT2D eigenvalue weighted by molar-refractivity contribution is -0.0498. The monoisotopic (exact) mass is 386 g/mol. The number of halogens is 2. The van der Waals surface area contributed by atoms with Gasteiger partial charge in [-0.25, -0.2) is 10.1 Å². The summed E-state index contributed by atoms with van der Waals surface area (Å²) in [6.07, 6.45) is 1.35. The number of alkyl halides is 2. The molecule has 7 nitrogen and oxygen atoms in total. The molecule has 0 aliphatic carbocycles. The van der Waals surface area contributed by atoms with Gasteiger partial charge in [0.2, 0.25) is 0 Å². The first-order chi connectivity index (χ1) is 13.5. The summed E-state index contributed by atoms with van der Waals surface area (Å²) in [5, 5.41) is 8.79. The van der Waals surface area contributed by atoms with Gasteiger partial charge in [0.25, 0.3) is 11.5 Å². The number of amides is 1. The number of rotatable bonds is 6. The van der Waals surface area contributed by atoms with Crippen molar-refractivity contribution in [3.8, 4) is 5.75 Å². The highest BCUT2D eigenvalue weighted by Gasteiger charge is 2.15. The van der Waals surface area contributed by atoms with E-state index in [-0.39, 0.29) is 17.0 Å². The average Bonchev–Trinajstić information content (AvgIpc) is 2.69. The second kappa shape index (κ2) is 8.38. The summed E-state index contributed by atoms with van der Waals surface area (Å²) in [5.74, 6) is -0.555. The lowest BCUT2D eigenvalue weighted by Crippen LogP contribution is -2.28. The van der Waals surface area contributed by atoms with Crippen LogP contribution in [0.5, 0.6) is 5.75 Å². The number of nitrogens with one attached hydrogen (secondary N) is 1. The Balaban J connectivity index is 1.79. The number of carbonyl (C=O) groups is 1. The number of benzene rings is 2. The van der Waals surface area contributed by atoms with E-state index in [4.69, 9.17) is 0 Å². The normalized spacial score (nSPS) is 11.3. The Bertz CT molecular complexity index is 1080. The fraction of sp³-hybridized carbons (Fsp3) is 0.158. The maximum absolute atomic E-state index is 12.5. The number of carbonyl (C=O) groups excluding carboxylic acids is 1. The van der Waals surface area contributed by atoms with Crippen LogP contribution in [0, 0.1) is 0 Å². The fourth-order valence-corrected chi connectivity index (χ4v) is 2.57. The van der Waals surface area contributed by atoms with Crippen LogP contribution in [0.25, 0.3) is 10.8 Å². The predicted molar refractivity (Wildman–Crippen MR) is 99.8 cm³/mol. The highest BCUT2D eigenvalue weighted by Crippen LogP contribution is 2.14. The van der Waals surface area contributed by atoms with Crippen molar-refractivity contribution in [1.29, 1.82) is 0 Å². The second-order valence-corrected chi connectivity index (χ2v) is 5.66. The molecule has 0 saturated heterocycles. The van der Waals surface area contributed by atoms with Crippen LogP contribution in [-0.4, -0.2) is 28.5 Å². The van der Waals surface area contributed by atoms with Gasteiger partial charge >= 0.3 is 6.61 Å². The van der Waals surface area contributed by atoms with E-state index >= 15 is 0 Å². The number of aryl methyl sites for hydroxylation is 1. The average molecular weight is 386 g/mol. The molecule has 0 radical (unpaired) electrons. The molecule has 3 aromatic rings. The molecule has 0 aliphatic rings. The summed E-state index contributed by atoms with van der Waals surface area (Å²) in [4.78, 5) is 24.8. The molecule has 1 heterocycles. The van der Waals surface area contributed by atoms with Crippen LogP contribution < -0.4 is 15.7 Å². The Labute approximate surface area is 158 Å². The third kappa shape index (κ3) is 4.20. The van der Waals surface area contributed by atoms with Crippen LogP contribution in [-0.2, 0) is 6.54 Å². The topological polar surface area (TPSA) is 85.6 Å². The number of ether oxygens (including phenoxy) is 1. The smallest absolute Gasteiger partial charge is 0.387 e. The van der Waals surface area contributed by atoms with Crippen LogP contribution in [0.15, 0.2) is 58.4 Å². The van der Waals surface area contributed by atoms with Crippen LogP contribution in [0.2, 0.25) is 0 Å². The summed E-state index contributed by atoms with van der Waals surface area (Å²) < 4.78 is 29.8. The van der Waals surface area contributed by atoms with Gasteiger partial charge in [-0.1, -0.05) is 18.2 Å². The second-order valence-electron chi connectivity index (χ2n) is 5.66. The standard InChI is InChI=1S/C19H16F2N4O3/c1-2-25-18(27)15-6-4-3-5-14(15)16(24-25)17(26)23-22-11-12-7-9-13(10-8-12)28-19(20)21/h3-11,19H,2H2,1H3,(H,23,26). The van der Waals surface area contributed by atoms with E-state index < -0.39 is 12.5 Å². The Morgan fingerprint density at radius 2 is 1.89 bits per heavy atom. The molecule has 28 heavy (non-hydrogen) atoms. The third-order valence-electron chi connectivity index (χ3n) is 3.87. The van der Waals surface area contributed by atoms with E-state index in [1.54, 1.807) is 31.2 Å². The molecule has 0 fully saturated rings. The van der Waals surface area contributed by atoms with Gasteiger partial charge in [-0.2, -0.15) is 19.0 Å². The molecule has 0 spiro atoms. The summed E-state index contributed by atoms with van der Waals surface area (Å²) in [5.41, 5.74) is 2.73. The fourth-order valence-electron chi connectivity index (χ4n) is 2.57. The van der Waals surface area contributed by atoms with Gasteiger partial charge in [0, 0.05) is 11.9 Å². The third-order valence-corrected chi connectivity index (χ3v) is 3.87. The summed E-state index contributed by atoms with van der Waals surface area (Å²) >= 11 is 0. The zero-order chi connectivity index (χ0) is 20.1. The van der Waals surface area contributed by atoms with Gasteiger partial charge in [0.05, 0.1) is 11.6 Å². The predicted octanol–water partition coefficient (Wildman–Crippen LogP) is 2.78. The number of aromatic nitrogens is 2. The molecule has 0 saturated carbocycles. The Kier molecular flexibility index (Phi) is 5.73. The molecule has 0 unspecified atom stereocenters. The largest absolute Gasteiger partial charge is 0.435 e. The summed E-state index contributed by atoms with van der Waals surface area (Å²) in [6, 6.07) is 12.5. The van der Waals surface area contributed by atoms with E-state index in [1.807, 2.05) is 0 Å². The molecular formula is C19H16F2N4O3. The van der Waals surface area contributed by atoms with Crippen molar-refractivity contribution in [3.63, 3.8) is 0 Å². The Morgan fingerprint density at radius 1 is 1.21 bits per heavy atom. The van der Waals surface area contributed by atoms with Gasteiger partial charge < -0.3 is 4.74 Å². The van der Waals surface area contributed by atoms with Crippen molar-refractivity contribution in [2.75, 3.05) is 0 Å². The van der Waals surface area contributed by atoms with Gasteiger partial charge in [-0.15, -0.1) is 0 Å². The van der Waals surface area contributed by atoms with Crippen molar-refractivity contribution in [2.45, 2.75) is 20.1 Å². The van der Waals surface area contributed by atoms with Crippen LogP contribution in [0.4, 0.5) is 8.78 Å². The molecule has 3 rings (SSSR count). The molecule has 2 aromatic carbocycles. The van der Waals surface area contributed by atoms with Gasteiger partial charge in [0.1, 0.15) is 5.75 Å². The number of hydrazone groups is 1. The highest BCUT2D eigenvalue weighted by molar-refractivity contribution is 6.04. The SMILES string of the molecule is CCn1nc(C(=O)NN=Cc2ccc(OC(F)F)cc2)c2ccccc2c1=O. The van der Waals surface area contributed by atoms with Crippen molar-refractivity contribution in [3.05, 3.63) is 70.1 Å². The van der Waals surface area contributed by atoms with Crippen molar-refractivity contribution in [2.24, 2.45) is 5.10 Å². The molecule has 1 aromatic heterocycles. The number of hydrogen-bond acceptors (Lipinski definition) is 5. The summed E-state index contributed by atoms with van der Waals surface area (Å²) in [7, 11) is 0. The molecule has 1 N–H and O–H groups in total. The lowest BCUT2D eigenvalue weighted by Gasteiger charge is -2.08. The van der Waals surface area contributed by atoms with Crippen molar-refractivity contribution < 1.29 is 18.3 Å². The first-order valence-corrected chi connectivity index (χ1v) is 8.37. The maximum Gasteiger partial charge on any atom is 0.387 e. The molecule has 0 aliphatic heterocycles. The minimum atomic E-state index is -2.90. The van der Waals surface area contributed by atoms with E-state index in [2.05, 4.69) is 20.4 Å². The molecule has 144 valence electrons. The van der Waals surface area contributed by atoms with Gasteiger partial charge in [0.15, 0.2) is 5.69 Å². The Morgan fingerprint density at radius 3 is 2.54 bits per heavy atom. The first kappa shape index (κ1) is 19.2. The van der Waals surface area contributed by atoms with Crippen molar-refractivity contribution >= 4 is 22.9 Å². The van der Waals surface area contributed by atoms with Crippen LogP contribution in [0.1, 0.15) is 23.0 Å². The van der Waals surface area contributed by atoms with Crippen LogP contribution in [0.3, 0.4) is 0 Å². The molecule has 0 atom stereocenters.